The molecule has 106 valence electrons. The first kappa shape index (κ1) is 14.4. The van der Waals surface area contributed by atoms with Gasteiger partial charge in [0.25, 0.3) is 0 Å². The second-order valence-electron chi connectivity index (χ2n) is 5.63. The Morgan fingerprint density at radius 3 is 2.74 bits per heavy atom. The molecule has 1 heterocycles. The molecule has 0 spiro atoms. The van der Waals surface area contributed by atoms with Gasteiger partial charge in [0.15, 0.2) is 0 Å². The first-order chi connectivity index (χ1) is 9.19. The van der Waals surface area contributed by atoms with E-state index in [0.29, 0.717) is 12.0 Å². The Labute approximate surface area is 116 Å². The number of nitrogens with one attached hydrogen (secondary N) is 1. The molecule has 0 aromatic heterocycles. The van der Waals surface area contributed by atoms with Crippen LogP contribution in [0, 0.1) is 12.8 Å². The smallest absolute Gasteiger partial charge is 0.0724 e. The van der Waals surface area contributed by atoms with Gasteiger partial charge < -0.3 is 10.1 Å². The molecule has 1 aromatic rings. The van der Waals surface area contributed by atoms with Crippen molar-refractivity contribution in [1.82, 2.24) is 4.90 Å². The molecule has 3 heteroatoms. The van der Waals surface area contributed by atoms with Gasteiger partial charge in [-0.05, 0) is 37.9 Å². The molecule has 19 heavy (non-hydrogen) atoms. The molecule has 0 saturated carbocycles. The van der Waals surface area contributed by atoms with Crippen LogP contribution in [0.1, 0.15) is 18.9 Å². The van der Waals surface area contributed by atoms with Crippen molar-refractivity contribution in [2.45, 2.75) is 26.4 Å². The molecule has 2 rings (SSSR count). The Morgan fingerprint density at radius 1 is 1.32 bits per heavy atom. The second-order valence-corrected chi connectivity index (χ2v) is 5.63. The van der Waals surface area contributed by atoms with Gasteiger partial charge in [0, 0.05) is 32.4 Å². The lowest BCUT2D eigenvalue weighted by Crippen LogP contribution is -2.45. The Morgan fingerprint density at radius 2 is 2.05 bits per heavy atom. The number of piperidine rings is 1. The number of hydrogen-bond acceptors (Lipinski definition) is 3. The van der Waals surface area contributed by atoms with Gasteiger partial charge in [-0.2, -0.15) is 0 Å². The van der Waals surface area contributed by atoms with Crippen LogP contribution < -0.4 is 5.32 Å². The summed E-state index contributed by atoms with van der Waals surface area (Å²) in [7, 11) is 1.83. The molecule has 3 nitrogen and oxygen atoms in total. The summed E-state index contributed by atoms with van der Waals surface area (Å²) in [6, 6.07) is 8.58. The second kappa shape index (κ2) is 6.92. The molecule has 1 aliphatic rings. The number of likely N-dealkylation sites (tertiary alicyclic amines) is 1. The van der Waals surface area contributed by atoms with Crippen molar-refractivity contribution in [3.05, 3.63) is 29.8 Å². The molecule has 0 amide bonds. The lowest BCUT2D eigenvalue weighted by molar-refractivity contribution is -0.00357. The van der Waals surface area contributed by atoms with Crippen molar-refractivity contribution in [3.63, 3.8) is 0 Å². The predicted octanol–water partition coefficient (Wildman–Crippen LogP) is 2.76. The average molecular weight is 262 g/mol. The maximum absolute atomic E-state index is 5.55. The molecule has 1 fully saturated rings. The van der Waals surface area contributed by atoms with Crippen molar-refractivity contribution in [2.24, 2.45) is 5.92 Å². The van der Waals surface area contributed by atoms with E-state index in [1.54, 1.807) is 0 Å². The van der Waals surface area contributed by atoms with Crippen LogP contribution in [0.4, 0.5) is 5.69 Å². The van der Waals surface area contributed by atoms with Gasteiger partial charge in [-0.25, -0.2) is 0 Å². The van der Waals surface area contributed by atoms with Crippen LogP contribution >= 0.6 is 0 Å². The van der Waals surface area contributed by atoms with Crippen molar-refractivity contribution < 1.29 is 4.74 Å². The van der Waals surface area contributed by atoms with Gasteiger partial charge in [0.2, 0.25) is 0 Å². The van der Waals surface area contributed by atoms with Crippen LogP contribution in [0.15, 0.2) is 24.3 Å². The minimum atomic E-state index is 0.396. The third kappa shape index (κ3) is 4.22. The molecule has 0 bridgehead atoms. The van der Waals surface area contributed by atoms with E-state index in [0.717, 1.165) is 19.6 Å². The van der Waals surface area contributed by atoms with E-state index < -0.39 is 0 Å². The highest BCUT2D eigenvalue weighted by molar-refractivity contribution is 5.44. The lowest BCUT2D eigenvalue weighted by atomic mass is 9.96. The van der Waals surface area contributed by atoms with Crippen LogP contribution in [-0.4, -0.2) is 44.3 Å². The Hall–Kier alpha value is -1.06. The minimum Gasteiger partial charge on any atom is -0.384 e. The van der Waals surface area contributed by atoms with Crippen molar-refractivity contribution in [1.29, 1.82) is 0 Å². The number of rotatable bonds is 5. The van der Waals surface area contributed by atoms with Gasteiger partial charge in [-0.15, -0.1) is 0 Å². The fourth-order valence-electron chi connectivity index (χ4n) is 2.64. The summed E-state index contributed by atoms with van der Waals surface area (Å²) in [5.41, 5.74) is 2.51. The quantitative estimate of drug-likeness (QED) is 0.883. The molecular formula is C16H26N2O. The third-order valence-electron chi connectivity index (χ3n) is 4.08. The summed E-state index contributed by atoms with van der Waals surface area (Å²) >= 11 is 0. The standard InChI is InChI=1S/C16H26N2O/c1-13-4-6-15(7-5-13)17-9-11-18-10-8-14(2)16(12-18)19-3/h4-7,14,16-17H,8-12H2,1-3H3. The number of anilines is 1. The van der Waals surface area contributed by atoms with E-state index in [4.69, 9.17) is 4.74 Å². The summed E-state index contributed by atoms with van der Waals surface area (Å²) < 4.78 is 5.55. The molecule has 1 aromatic carbocycles. The fraction of sp³-hybridized carbons (Fsp3) is 0.625. The van der Waals surface area contributed by atoms with Crippen LogP contribution in [0.3, 0.4) is 0 Å². The van der Waals surface area contributed by atoms with E-state index in [2.05, 4.69) is 48.3 Å². The summed E-state index contributed by atoms with van der Waals surface area (Å²) in [5.74, 6) is 0.686. The number of nitrogens with zero attached hydrogens (tertiary/aromatic N) is 1. The summed E-state index contributed by atoms with van der Waals surface area (Å²) in [6.45, 7) is 8.73. The highest BCUT2D eigenvalue weighted by atomic mass is 16.5. The van der Waals surface area contributed by atoms with Crippen molar-refractivity contribution in [2.75, 3.05) is 38.6 Å². The average Bonchev–Trinajstić information content (AvgIpc) is 2.43. The molecular weight excluding hydrogens is 236 g/mol. The van der Waals surface area contributed by atoms with Crippen molar-refractivity contribution >= 4 is 5.69 Å². The van der Waals surface area contributed by atoms with E-state index in [-0.39, 0.29) is 0 Å². The van der Waals surface area contributed by atoms with Crippen LogP contribution in [0.25, 0.3) is 0 Å². The van der Waals surface area contributed by atoms with Gasteiger partial charge in [-0.3, -0.25) is 4.90 Å². The molecule has 1 aliphatic heterocycles. The summed E-state index contributed by atoms with van der Waals surface area (Å²) in [5, 5.41) is 3.48. The monoisotopic (exact) mass is 262 g/mol. The Kier molecular flexibility index (Phi) is 5.23. The largest absolute Gasteiger partial charge is 0.384 e. The maximum atomic E-state index is 5.55. The number of aryl methyl sites for hydroxylation is 1. The molecule has 1 saturated heterocycles. The number of hydrogen-bond donors (Lipinski definition) is 1. The molecule has 2 atom stereocenters. The lowest BCUT2D eigenvalue weighted by Gasteiger charge is -2.36. The first-order valence-electron chi connectivity index (χ1n) is 7.24. The topological polar surface area (TPSA) is 24.5 Å². The first-order valence-corrected chi connectivity index (χ1v) is 7.24. The zero-order valence-electron chi connectivity index (χ0n) is 12.4. The fourth-order valence-corrected chi connectivity index (χ4v) is 2.64. The van der Waals surface area contributed by atoms with E-state index >= 15 is 0 Å². The summed E-state index contributed by atoms with van der Waals surface area (Å²) in [4.78, 5) is 2.50. The third-order valence-corrected chi connectivity index (χ3v) is 4.08. The van der Waals surface area contributed by atoms with Crippen molar-refractivity contribution in [3.8, 4) is 0 Å². The number of ether oxygens (including phenoxy) is 1. The van der Waals surface area contributed by atoms with Crippen LogP contribution in [0.2, 0.25) is 0 Å². The Bertz CT molecular complexity index is 377. The molecule has 2 unspecified atom stereocenters. The maximum Gasteiger partial charge on any atom is 0.0724 e. The zero-order chi connectivity index (χ0) is 13.7. The van der Waals surface area contributed by atoms with Crippen LogP contribution in [0.5, 0.6) is 0 Å². The van der Waals surface area contributed by atoms with E-state index in [1.165, 1.54) is 24.2 Å². The summed E-state index contributed by atoms with van der Waals surface area (Å²) in [6.07, 6.45) is 1.64. The van der Waals surface area contributed by atoms with Gasteiger partial charge in [-0.1, -0.05) is 24.6 Å². The van der Waals surface area contributed by atoms with Gasteiger partial charge >= 0.3 is 0 Å². The molecule has 0 radical (unpaired) electrons. The number of methoxy groups -OCH3 is 1. The van der Waals surface area contributed by atoms with Crippen LogP contribution in [-0.2, 0) is 4.74 Å². The van der Waals surface area contributed by atoms with Gasteiger partial charge in [0.1, 0.15) is 0 Å². The predicted molar refractivity (Wildman–Crippen MR) is 80.7 cm³/mol. The van der Waals surface area contributed by atoms with E-state index in [1.807, 2.05) is 7.11 Å². The normalized spacial score (nSPS) is 24.4. The highest BCUT2D eigenvalue weighted by Crippen LogP contribution is 2.19. The number of benzene rings is 1. The van der Waals surface area contributed by atoms with E-state index in [9.17, 15) is 0 Å². The SMILES string of the molecule is COC1CN(CCNc2ccc(C)cc2)CCC1C. The molecule has 0 aliphatic carbocycles. The van der Waals surface area contributed by atoms with Gasteiger partial charge in [0.05, 0.1) is 6.10 Å². The Balaban J connectivity index is 1.72. The minimum absolute atomic E-state index is 0.396. The zero-order valence-corrected chi connectivity index (χ0v) is 12.4. The highest BCUT2D eigenvalue weighted by Gasteiger charge is 2.25. The molecule has 1 N–H and O–H groups in total.